The fraction of sp³-hybridized carbons (Fsp3) is 0.632. The molecule has 0 aromatic heterocycles. The number of nitrogens with one attached hydrogen (secondary N) is 1. The van der Waals surface area contributed by atoms with Gasteiger partial charge in [0.05, 0.1) is 0 Å². The Balaban J connectivity index is 1.51. The summed E-state index contributed by atoms with van der Waals surface area (Å²) in [6.07, 6.45) is 10.5. The number of benzene rings is 1. The lowest BCUT2D eigenvalue weighted by molar-refractivity contribution is 0.0943. The molecule has 1 aliphatic carbocycles. The monoisotopic (exact) mass is 300 g/mol. The Labute approximate surface area is 134 Å². The molecule has 1 aliphatic heterocycles. The topological polar surface area (TPSA) is 32.3 Å². The fourth-order valence-corrected chi connectivity index (χ4v) is 3.71. The van der Waals surface area contributed by atoms with Crippen LogP contribution >= 0.6 is 0 Å². The molecule has 1 aromatic rings. The first-order valence-electron chi connectivity index (χ1n) is 8.96. The van der Waals surface area contributed by atoms with Gasteiger partial charge in [-0.15, -0.1) is 0 Å². The van der Waals surface area contributed by atoms with Crippen molar-refractivity contribution in [2.45, 2.75) is 51.4 Å². The summed E-state index contributed by atoms with van der Waals surface area (Å²) in [5.41, 5.74) is 2.04. The quantitative estimate of drug-likeness (QED) is 0.912. The molecule has 0 unspecified atom stereocenters. The summed E-state index contributed by atoms with van der Waals surface area (Å²) in [5.74, 6) is 0.765. The molecule has 1 heterocycles. The second kappa shape index (κ2) is 7.66. The number of nitrogens with zero attached hydrogens (tertiary/aromatic N) is 1. The van der Waals surface area contributed by atoms with Crippen LogP contribution in [-0.2, 0) is 0 Å². The van der Waals surface area contributed by atoms with E-state index < -0.39 is 0 Å². The minimum atomic E-state index is 0.0794. The van der Waals surface area contributed by atoms with Crippen LogP contribution < -0.4 is 10.2 Å². The van der Waals surface area contributed by atoms with Crippen molar-refractivity contribution in [3.63, 3.8) is 0 Å². The SMILES string of the molecule is O=C(NCC1CCCCC1)c1ccc(N2CCCCC2)cc1. The first kappa shape index (κ1) is 15.4. The van der Waals surface area contributed by atoms with E-state index in [9.17, 15) is 4.79 Å². The number of hydrogen-bond donors (Lipinski definition) is 1. The van der Waals surface area contributed by atoms with Crippen LogP contribution in [0.15, 0.2) is 24.3 Å². The van der Waals surface area contributed by atoms with Crippen LogP contribution in [0.2, 0.25) is 0 Å². The van der Waals surface area contributed by atoms with Crippen LogP contribution in [0.3, 0.4) is 0 Å². The molecule has 0 bridgehead atoms. The predicted molar refractivity (Wildman–Crippen MR) is 91.4 cm³/mol. The molecule has 22 heavy (non-hydrogen) atoms. The molecule has 0 atom stereocenters. The van der Waals surface area contributed by atoms with Crippen molar-refractivity contribution in [1.29, 1.82) is 0 Å². The summed E-state index contributed by atoms with van der Waals surface area (Å²) < 4.78 is 0. The van der Waals surface area contributed by atoms with Gasteiger partial charge in [0.15, 0.2) is 0 Å². The highest BCUT2D eigenvalue weighted by Crippen LogP contribution is 2.23. The van der Waals surface area contributed by atoms with Crippen molar-refractivity contribution in [3.05, 3.63) is 29.8 Å². The van der Waals surface area contributed by atoms with E-state index in [1.54, 1.807) is 0 Å². The van der Waals surface area contributed by atoms with Crippen LogP contribution in [0.4, 0.5) is 5.69 Å². The van der Waals surface area contributed by atoms with Gasteiger partial charge in [0.1, 0.15) is 0 Å². The lowest BCUT2D eigenvalue weighted by Gasteiger charge is -2.28. The smallest absolute Gasteiger partial charge is 0.251 e. The second-order valence-corrected chi connectivity index (χ2v) is 6.81. The number of carbonyl (C=O) groups excluding carboxylic acids is 1. The molecule has 1 N–H and O–H groups in total. The second-order valence-electron chi connectivity index (χ2n) is 6.81. The molecule has 3 rings (SSSR count). The molecule has 3 nitrogen and oxygen atoms in total. The Morgan fingerprint density at radius 1 is 0.955 bits per heavy atom. The molecule has 1 amide bonds. The lowest BCUT2D eigenvalue weighted by atomic mass is 9.89. The Morgan fingerprint density at radius 2 is 1.59 bits per heavy atom. The Hall–Kier alpha value is -1.51. The number of rotatable bonds is 4. The highest BCUT2D eigenvalue weighted by atomic mass is 16.1. The van der Waals surface area contributed by atoms with Gasteiger partial charge in [-0.2, -0.15) is 0 Å². The molecule has 1 saturated heterocycles. The molecule has 3 heteroatoms. The van der Waals surface area contributed by atoms with Crippen LogP contribution in [0, 0.1) is 5.92 Å². The van der Waals surface area contributed by atoms with E-state index in [2.05, 4.69) is 22.3 Å². The standard InChI is InChI=1S/C19H28N2O/c22-19(20-15-16-7-3-1-4-8-16)17-9-11-18(12-10-17)21-13-5-2-6-14-21/h9-12,16H,1-8,13-15H2,(H,20,22). The molecule has 2 aliphatic rings. The average molecular weight is 300 g/mol. The zero-order valence-corrected chi connectivity index (χ0v) is 13.5. The third-order valence-electron chi connectivity index (χ3n) is 5.13. The average Bonchev–Trinajstić information content (AvgIpc) is 2.61. The van der Waals surface area contributed by atoms with Crippen molar-refractivity contribution in [1.82, 2.24) is 5.32 Å². The summed E-state index contributed by atoms with van der Waals surface area (Å²) in [7, 11) is 0. The third kappa shape index (κ3) is 4.02. The van der Waals surface area contributed by atoms with Gasteiger partial charge in [0.2, 0.25) is 0 Å². The summed E-state index contributed by atoms with van der Waals surface area (Å²) in [5, 5.41) is 3.12. The molecule has 120 valence electrons. The minimum absolute atomic E-state index is 0.0794. The predicted octanol–water partition coefficient (Wildman–Crippen LogP) is 3.99. The van der Waals surface area contributed by atoms with E-state index >= 15 is 0 Å². The van der Waals surface area contributed by atoms with Crippen molar-refractivity contribution < 1.29 is 4.79 Å². The van der Waals surface area contributed by atoms with Crippen LogP contribution in [0.1, 0.15) is 61.7 Å². The van der Waals surface area contributed by atoms with Crippen LogP contribution in [-0.4, -0.2) is 25.5 Å². The van der Waals surface area contributed by atoms with Crippen molar-refractivity contribution >= 4 is 11.6 Å². The molecule has 2 fully saturated rings. The van der Waals surface area contributed by atoms with Gasteiger partial charge in [-0.1, -0.05) is 19.3 Å². The first-order chi connectivity index (χ1) is 10.8. The van der Waals surface area contributed by atoms with E-state index in [-0.39, 0.29) is 5.91 Å². The Bertz CT molecular complexity index is 471. The molecule has 1 saturated carbocycles. The summed E-state index contributed by atoms with van der Waals surface area (Å²) in [6, 6.07) is 8.14. The number of carbonyl (C=O) groups is 1. The fourth-order valence-electron chi connectivity index (χ4n) is 3.71. The van der Waals surface area contributed by atoms with E-state index in [4.69, 9.17) is 0 Å². The van der Waals surface area contributed by atoms with Gasteiger partial charge >= 0.3 is 0 Å². The number of amides is 1. The van der Waals surface area contributed by atoms with E-state index in [1.165, 1.54) is 57.1 Å². The summed E-state index contributed by atoms with van der Waals surface area (Å²) in [6.45, 7) is 3.13. The molecular formula is C19H28N2O. The Kier molecular flexibility index (Phi) is 5.36. The summed E-state index contributed by atoms with van der Waals surface area (Å²) in [4.78, 5) is 14.7. The van der Waals surface area contributed by atoms with Gasteiger partial charge in [0.25, 0.3) is 5.91 Å². The van der Waals surface area contributed by atoms with Crippen molar-refractivity contribution in [3.8, 4) is 0 Å². The van der Waals surface area contributed by atoms with E-state index in [0.717, 1.165) is 25.2 Å². The molecular weight excluding hydrogens is 272 g/mol. The number of anilines is 1. The molecule has 0 spiro atoms. The van der Waals surface area contributed by atoms with Crippen LogP contribution in [0.5, 0.6) is 0 Å². The van der Waals surface area contributed by atoms with E-state index in [1.807, 2.05) is 12.1 Å². The minimum Gasteiger partial charge on any atom is -0.372 e. The van der Waals surface area contributed by atoms with E-state index in [0.29, 0.717) is 5.92 Å². The van der Waals surface area contributed by atoms with Gasteiger partial charge in [0, 0.05) is 30.9 Å². The van der Waals surface area contributed by atoms with Crippen molar-refractivity contribution in [2.24, 2.45) is 5.92 Å². The number of piperidine rings is 1. The largest absolute Gasteiger partial charge is 0.372 e. The first-order valence-corrected chi connectivity index (χ1v) is 8.96. The zero-order chi connectivity index (χ0) is 15.2. The van der Waals surface area contributed by atoms with Crippen molar-refractivity contribution in [2.75, 3.05) is 24.5 Å². The van der Waals surface area contributed by atoms with Gasteiger partial charge in [-0.3, -0.25) is 4.79 Å². The normalized spacial score (nSPS) is 19.9. The van der Waals surface area contributed by atoms with Crippen LogP contribution in [0.25, 0.3) is 0 Å². The number of hydrogen-bond acceptors (Lipinski definition) is 2. The van der Waals surface area contributed by atoms with Gasteiger partial charge in [-0.25, -0.2) is 0 Å². The van der Waals surface area contributed by atoms with Gasteiger partial charge in [-0.05, 0) is 62.3 Å². The molecule has 0 radical (unpaired) electrons. The zero-order valence-electron chi connectivity index (χ0n) is 13.5. The maximum atomic E-state index is 12.3. The summed E-state index contributed by atoms with van der Waals surface area (Å²) >= 11 is 0. The third-order valence-corrected chi connectivity index (χ3v) is 5.13. The maximum absolute atomic E-state index is 12.3. The highest BCUT2D eigenvalue weighted by Gasteiger charge is 2.15. The lowest BCUT2D eigenvalue weighted by Crippen LogP contribution is -2.31. The maximum Gasteiger partial charge on any atom is 0.251 e. The van der Waals surface area contributed by atoms with Gasteiger partial charge < -0.3 is 10.2 Å². The Morgan fingerprint density at radius 3 is 2.27 bits per heavy atom. The highest BCUT2D eigenvalue weighted by molar-refractivity contribution is 5.94. The molecule has 1 aromatic carbocycles.